The van der Waals surface area contributed by atoms with Crippen LogP contribution in [0.4, 0.5) is 0 Å². The number of hydrogen-bond acceptors (Lipinski definition) is 6. The third kappa shape index (κ3) is 5.17. The van der Waals surface area contributed by atoms with E-state index in [4.69, 9.17) is 4.74 Å². The van der Waals surface area contributed by atoms with Gasteiger partial charge >= 0.3 is 0 Å². The number of para-hydroxylation sites is 1. The first-order valence-corrected chi connectivity index (χ1v) is 11.5. The summed E-state index contributed by atoms with van der Waals surface area (Å²) in [6.45, 7) is 4.76. The molecule has 5 nitrogen and oxygen atoms in total. The van der Waals surface area contributed by atoms with E-state index in [0.717, 1.165) is 61.0 Å². The van der Waals surface area contributed by atoms with E-state index in [-0.39, 0.29) is 0 Å². The Bertz CT molecular complexity index is 851. The molecule has 1 aliphatic heterocycles. The smallest absolute Gasteiger partial charge is 0.195 e. The topological polar surface area (TPSA) is 43.2 Å². The van der Waals surface area contributed by atoms with Crippen LogP contribution in [-0.2, 0) is 10.5 Å². The molecule has 0 unspecified atom stereocenters. The van der Waals surface area contributed by atoms with Crippen LogP contribution in [0.5, 0.6) is 0 Å². The van der Waals surface area contributed by atoms with E-state index in [2.05, 4.69) is 68.2 Å². The minimum atomic E-state index is 0.788. The number of hydrogen-bond donors (Lipinski definition) is 0. The van der Waals surface area contributed by atoms with Gasteiger partial charge in [0.2, 0.25) is 0 Å². The molecule has 2 aromatic carbocycles. The number of aromatic nitrogens is 3. The molecule has 0 atom stereocenters. The molecule has 2 heterocycles. The Labute approximate surface area is 174 Å². The van der Waals surface area contributed by atoms with Crippen LogP contribution in [0.2, 0.25) is 0 Å². The number of benzene rings is 2. The molecular formula is C21H24N4OS2. The normalized spacial score (nSPS) is 15.0. The van der Waals surface area contributed by atoms with Gasteiger partial charge < -0.3 is 4.74 Å². The minimum absolute atomic E-state index is 0.788. The van der Waals surface area contributed by atoms with Crippen molar-refractivity contribution in [2.24, 2.45) is 0 Å². The largest absolute Gasteiger partial charge is 0.379 e. The van der Waals surface area contributed by atoms with Gasteiger partial charge in [0.15, 0.2) is 5.16 Å². The predicted octanol–water partition coefficient (Wildman–Crippen LogP) is 3.98. The molecule has 1 saturated heterocycles. The highest BCUT2D eigenvalue weighted by Crippen LogP contribution is 2.27. The quantitative estimate of drug-likeness (QED) is 0.521. The molecule has 0 spiro atoms. The molecule has 0 bridgehead atoms. The van der Waals surface area contributed by atoms with Crippen LogP contribution in [0.1, 0.15) is 5.82 Å². The zero-order valence-corrected chi connectivity index (χ0v) is 17.4. The lowest BCUT2D eigenvalue weighted by Crippen LogP contribution is -2.37. The average molecular weight is 413 g/mol. The van der Waals surface area contributed by atoms with Crippen LogP contribution in [0.3, 0.4) is 0 Å². The highest BCUT2D eigenvalue weighted by atomic mass is 32.2. The Balaban J connectivity index is 1.46. The average Bonchev–Trinajstić information content (AvgIpc) is 3.17. The zero-order valence-electron chi connectivity index (χ0n) is 15.7. The standard InChI is InChI=1S/C21H24N4OS2/c1-3-7-18(8-4-1)25-20(17-28-19-9-5-2-6-10-19)22-23-21(25)27-16-13-24-11-14-26-15-12-24/h1-10H,11-17H2. The van der Waals surface area contributed by atoms with Crippen molar-refractivity contribution >= 4 is 23.5 Å². The zero-order chi connectivity index (χ0) is 19.0. The third-order valence-electron chi connectivity index (χ3n) is 4.57. The maximum Gasteiger partial charge on any atom is 0.195 e. The lowest BCUT2D eigenvalue weighted by atomic mass is 10.3. The maximum atomic E-state index is 5.43. The molecule has 3 aromatic rings. The molecule has 1 aromatic heterocycles. The molecular weight excluding hydrogens is 388 g/mol. The molecule has 0 N–H and O–H groups in total. The molecule has 0 aliphatic carbocycles. The van der Waals surface area contributed by atoms with Crippen LogP contribution >= 0.6 is 23.5 Å². The Morgan fingerprint density at radius 3 is 2.32 bits per heavy atom. The lowest BCUT2D eigenvalue weighted by molar-refractivity contribution is 0.0410. The van der Waals surface area contributed by atoms with Crippen molar-refractivity contribution in [3.63, 3.8) is 0 Å². The Hall–Kier alpha value is -1.80. The fourth-order valence-electron chi connectivity index (χ4n) is 3.08. The first kappa shape index (κ1) is 19.5. The van der Waals surface area contributed by atoms with Crippen LogP contribution in [0, 0.1) is 0 Å². The van der Waals surface area contributed by atoms with Gasteiger partial charge in [0, 0.05) is 36.0 Å². The number of nitrogens with zero attached hydrogens (tertiary/aromatic N) is 4. The van der Waals surface area contributed by atoms with E-state index in [1.54, 1.807) is 23.5 Å². The highest BCUT2D eigenvalue weighted by Gasteiger charge is 2.16. The lowest BCUT2D eigenvalue weighted by Gasteiger charge is -2.26. The summed E-state index contributed by atoms with van der Waals surface area (Å²) in [6, 6.07) is 20.8. The molecule has 1 fully saturated rings. The van der Waals surface area contributed by atoms with Crippen molar-refractivity contribution < 1.29 is 4.74 Å². The SMILES string of the molecule is c1ccc(SCc2nnc(SCCN3CCOCC3)n2-c2ccccc2)cc1. The molecule has 0 amide bonds. The second kappa shape index (κ2) is 10.1. The van der Waals surface area contributed by atoms with Crippen LogP contribution < -0.4 is 0 Å². The summed E-state index contributed by atoms with van der Waals surface area (Å²) in [7, 11) is 0. The van der Waals surface area contributed by atoms with Crippen molar-refractivity contribution in [1.29, 1.82) is 0 Å². The van der Waals surface area contributed by atoms with Gasteiger partial charge in [-0.05, 0) is 24.3 Å². The Kier molecular flexibility index (Phi) is 7.05. The summed E-state index contributed by atoms with van der Waals surface area (Å²) in [6.07, 6.45) is 0. The maximum absolute atomic E-state index is 5.43. The van der Waals surface area contributed by atoms with Crippen LogP contribution in [0.15, 0.2) is 70.7 Å². The fourth-order valence-corrected chi connectivity index (χ4v) is 4.88. The van der Waals surface area contributed by atoms with Crippen LogP contribution in [0.25, 0.3) is 5.69 Å². The number of morpholine rings is 1. The summed E-state index contributed by atoms with van der Waals surface area (Å²) in [5.41, 5.74) is 1.12. The number of ether oxygens (including phenoxy) is 1. The first-order valence-electron chi connectivity index (χ1n) is 9.50. The van der Waals surface area contributed by atoms with Gasteiger partial charge in [-0.15, -0.1) is 22.0 Å². The van der Waals surface area contributed by atoms with Crippen LogP contribution in [-0.4, -0.2) is 58.3 Å². The van der Waals surface area contributed by atoms with Crippen molar-refractivity contribution in [3.8, 4) is 5.69 Å². The summed E-state index contributed by atoms with van der Waals surface area (Å²) in [5.74, 6) is 2.76. The van der Waals surface area contributed by atoms with Crippen molar-refractivity contribution in [3.05, 3.63) is 66.5 Å². The van der Waals surface area contributed by atoms with E-state index >= 15 is 0 Å². The van der Waals surface area contributed by atoms with E-state index in [9.17, 15) is 0 Å². The summed E-state index contributed by atoms with van der Waals surface area (Å²) < 4.78 is 7.63. The summed E-state index contributed by atoms with van der Waals surface area (Å²) in [5, 5.41) is 9.98. The van der Waals surface area contributed by atoms with E-state index in [1.165, 1.54) is 4.90 Å². The van der Waals surface area contributed by atoms with Crippen molar-refractivity contribution in [2.75, 3.05) is 38.6 Å². The minimum Gasteiger partial charge on any atom is -0.379 e. The molecule has 0 saturated carbocycles. The second-order valence-electron chi connectivity index (χ2n) is 6.47. The molecule has 0 radical (unpaired) electrons. The summed E-state index contributed by atoms with van der Waals surface area (Å²) in [4.78, 5) is 3.69. The first-order chi connectivity index (χ1) is 13.9. The van der Waals surface area contributed by atoms with Gasteiger partial charge in [-0.1, -0.05) is 48.2 Å². The van der Waals surface area contributed by atoms with Crippen molar-refractivity contribution in [2.45, 2.75) is 15.8 Å². The second-order valence-corrected chi connectivity index (χ2v) is 8.58. The van der Waals surface area contributed by atoms with Gasteiger partial charge in [-0.25, -0.2) is 0 Å². The molecule has 1 aliphatic rings. The Morgan fingerprint density at radius 2 is 1.57 bits per heavy atom. The molecule has 146 valence electrons. The monoisotopic (exact) mass is 412 g/mol. The van der Waals surface area contributed by atoms with Gasteiger partial charge in [-0.2, -0.15) is 0 Å². The summed E-state index contributed by atoms with van der Waals surface area (Å²) >= 11 is 3.56. The molecule has 7 heteroatoms. The Morgan fingerprint density at radius 1 is 0.857 bits per heavy atom. The number of rotatable bonds is 8. The van der Waals surface area contributed by atoms with E-state index < -0.39 is 0 Å². The fraction of sp³-hybridized carbons (Fsp3) is 0.333. The van der Waals surface area contributed by atoms with E-state index in [0.29, 0.717) is 0 Å². The molecule has 4 rings (SSSR count). The van der Waals surface area contributed by atoms with Crippen molar-refractivity contribution in [1.82, 2.24) is 19.7 Å². The number of thioether (sulfide) groups is 2. The van der Waals surface area contributed by atoms with Gasteiger partial charge in [0.25, 0.3) is 0 Å². The van der Waals surface area contributed by atoms with Gasteiger partial charge in [0.05, 0.1) is 19.0 Å². The predicted molar refractivity (Wildman–Crippen MR) is 115 cm³/mol. The highest BCUT2D eigenvalue weighted by molar-refractivity contribution is 7.99. The third-order valence-corrected chi connectivity index (χ3v) is 6.49. The molecule has 28 heavy (non-hydrogen) atoms. The van der Waals surface area contributed by atoms with Gasteiger partial charge in [-0.3, -0.25) is 9.47 Å². The van der Waals surface area contributed by atoms with E-state index in [1.807, 2.05) is 12.1 Å². The van der Waals surface area contributed by atoms with Gasteiger partial charge in [0.1, 0.15) is 5.82 Å².